The van der Waals surface area contributed by atoms with E-state index in [4.69, 9.17) is 16.6 Å². The molecule has 2 aliphatic heterocycles. The van der Waals surface area contributed by atoms with Gasteiger partial charge in [-0.25, -0.2) is 4.98 Å². The highest BCUT2D eigenvalue weighted by Gasteiger charge is 2.35. The molecule has 0 spiro atoms. The maximum atomic E-state index is 6.50. The molecule has 5 heteroatoms. The molecular formula is C16H17ClN4. The fourth-order valence-electron chi connectivity index (χ4n) is 3.31. The molecule has 0 amide bonds. The third-order valence-electron chi connectivity index (χ3n) is 4.49. The molecule has 0 radical (unpaired) electrons. The molecule has 0 aromatic carbocycles. The van der Waals surface area contributed by atoms with Crippen LogP contribution in [0.25, 0.3) is 11.3 Å². The maximum Gasteiger partial charge on any atom is 0.153 e. The zero-order valence-electron chi connectivity index (χ0n) is 12.2. The molecule has 1 fully saturated rings. The molecule has 4 heterocycles. The van der Waals surface area contributed by atoms with Crippen LogP contribution in [0.15, 0.2) is 24.4 Å². The Morgan fingerprint density at radius 1 is 1.33 bits per heavy atom. The number of anilines is 2. The maximum absolute atomic E-state index is 6.50. The van der Waals surface area contributed by atoms with E-state index in [1.165, 1.54) is 6.42 Å². The van der Waals surface area contributed by atoms with Gasteiger partial charge >= 0.3 is 0 Å². The van der Waals surface area contributed by atoms with E-state index in [2.05, 4.69) is 27.9 Å². The summed E-state index contributed by atoms with van der Waals surface area (Å²) in [4.78, 5) is 13.8. The molecule has 108 valence electrons. The van der Waals surface area contributed by atoms with Crippen LogP contribution >= 0.6 is 11.6 Å². The van der Waals surface area contributed by atoms with Gasteiger partial charge in [0.15, 0.2) is 5.82 Å². The van der Waals surface area contributed by atoms with E-state index in [0.717, 1.165) is 41.5 Å². The summed E-state index contributed by atoms with van der Waals surface area (Å²) < 4.78 is 0. The highest BCUT2D eigenvalue weighted by molar-refractivity contribution is 6.33. The summed E-state index contributed by atoms with van der Waals surface area (Å²) in [7, 11) is 2.13. The summed E-state index contributed by atoms with van der Waals surface area (Å²) in [5.74, 6) is 1.04. The van der Waals surface area contributed by atoms with Crippen LogP contribution in [0, 0.1) is 6.92 Å². The first-order chi connectivity index (χ1) is 10.1. The standard InChI is InChI=1S/C16H17ClN4/c1-10-7-11(3-5-18-10)15-13(17)8-14-16(19-15)20(2)12-4-6-21(14)9-12/h3,5,7-8,12H,4,6,9H2,1-2H3. The van der Waals surface area contributed by atoms with Crippen LogP contribution in [-0.2, 0) is 0 Å². The predicted octanol–water partition coefficient (Wildman–Crippen LogP) is 3.13. The first-order valence-corrected chi connectivity index (χ1v) is 7.62. The van der Waals surface area contributed by atoms with E-state index in [0.29, 0.717) is 11.1 Å². The number of pyridine rings is 2. The normalized spacial score (nSPS) is 19.9. The quantitative estimate of drug-likeness (QED) is 0.810. The van der Waals surface area contributed by atoms with Crippen molar-refractivity contribution in [1.29, 1.82) is 0 Å². The second-order valence-electron chi connectivity index (χ2n) is 5.85. The largest absolute Gasteiger partial charge is 0.366 e. The van der Waals surface area contributed by atoms with Crippen molar-refractivity contribution in [1.82, 2.24) is 9.97 Å². The lowest BCUT2D eigenvalue weighted by Gasteiger charge is -2.35. The molecule has 2 aromatic rings. The molecule has 2 bridgehead atoms. The van der Waals surface area contributed by atoms with Crippen LogP contribution in [0.5, 0.6) is 0 Å². The van der Waals surface area contributed by atoms with Crippen molar-refractivity contribution in [2.75, 3.05) is 29.9 Å². The van der Waals surface area contributed by atoms with Crippen molar-refractivity contribution < 1.29 is 0 Å². The number of hydrogen-bond donors (Lipinski definition) is 0. The van der Waals surface area contributed by atoms with Crippen LogP contribution in [0.4, 0.5) is 11.5 Å². The topological polar surface area (TPSA) is 32.3 Å². The van der Waals surface area contributed by atoms with E-state index in [-0.39, 0.29) is 0 Å². The van der Waals surface area contributed by atoms with E-state index < -0.39 is 0 Å². The average molecular weight is 301 g/mol. The minimum Gasteiger partial charge on any atom is -0.366 e. The van der Waals surface area contributed by atoms with Gasteiger partial charge in [-0.05, 0) is 31.5 Å². The Morgan fingerprint density at radius 2 is 2.19 bits per heavy atom. The zero-order valence-corrected chi connectivity index (χ0v) is 12.9. The minimum absolute atomic E-state index is 0.568. The van der Waals surface area contributed by atoms with Crippen molar-refractivity contribution >= 4 is 23.1 Å². The average Bonchev–Trinajstić information content (AvgIpc) is 2.91. The Morgan fingerprint density at radius 3 is 3.00 bits per heavy atom. The Bertz CT molecular complexity index is 715. The molecular weight excluding hydrogens is 284 g/mol. The zero-order chi connectivity index (χ0) is 14.6. The molecule has 1 unspecified atom stereocenters. The highest BCUT2D eigenvalue weighted by Crippen LogP contribution is 2.42. The van der Waals surface area contributed by atoms with Gasteiger partial charge in [0.1, 0.15) is 0 Å². The Balaban J connectivity index is 1.88. The minimum atomic E-state index is 0.568. The summed E-state index contributed by atoms with van der Waals surface area (Å²) in [6.45, 7) is 4.15. The summed E-state index contributed by atoms with van der Waals surface area (Å²) in [6, 6.07) is 6.62. The lowest BCUT2D eigenvalue weighted by molar-refractivity contribution is 0.673. The van der Waals surface area contributed by atoms with Gasteiger partial charge in [0.2, 0.25) is 0 Å². The number of likely N-dealkylation sites (N-methyl/N-ethyl adjacent to an activating group) is 1. The Labute approximate surface area is 129 Å². The van der Waals surface area contributed by atoms with E-state index >= 15 is 0 Å². The SMILES string of the molecule is Cc1cc(-c2nc3c(cc2Cl)N2CCC(C2)N3C)ccn1. The van der Waals surface area contributed by atoms with Crippen molar-refractivity contribution in [2.24, 2.45) is 0 Å². The van der Waals surface area contributed by atoms with Gasteiger partial charge in [0.05, 0.1) is 16.4 Å². The van der Waals surface area contributed by atoms with Crippen LogP contribution in [-0.4, -0.2) is 36.1 Å². The molecule has 0 saturated carbocycles. The summed E-state index contributed by atoms with van der Waals surface area (Å²) >= 11 is 6.50. The molecule has 2 aliphatic rings. The van der Waals surface area contributed by atoms with Gasteiger partial charge in [0.25, 0.3) is 0 Å². The Hall–Kier alpha value is -1.81. The lowest BCUT2D eigenvalue weighted by Crippen LogP contribution is -2.40. The summed E-state index contributed by atoms with van der Waals surface area (Å²) in [5, 5.41) is 0.707. The second kappa shape index (κ2) is 4.60. The molecule has 1 saturated heterocycles. The number of hydrogen-bond acceptors (Lipinski definition) is 4. The fourth-order valence-corrected chi connectivity index (χ4v) is 3.56. The van der Waals surface area contributed by atoms with Crippen molar-refractivity contribution in [3.63, 3.8) is 0 Å². The van der Waals surface area contributed by atoms with Gasteiger partial charge in [0, 0.05) is 43.6 Å². The van der Waals surface area contributed by atoms with Gasteiger partial charge < -0.3 is 9.80 Å². The third-order valence-corrected chi connectivity index (χ3v) is 4.78. The molecule has 0 N–H and O–H groups in total. The van der Waals surface area contributed by atoms with Gasteiger partial charge in [-0.1, -0.05) is 11.6 Å². The van der Waals surface area contributed by atoms with Crippen LogP contribution in [0.2, 0.25) is 5.02 Å². The van der Waals surface area contributed by atoms with E-state index in [9.17, 15) is 0 Å². The molecule has 4 rings (SSSR count). The number of fused-ring (bicyclic) bond motifs is 4. The summed E-state index contributed by atoms with van der Waals surface area (Å²) in [6.07, 6.45) is 2.99. The first kappa shape index (κ1) is 12.9. The number of aryl methyl sites for hydroxylation is 1. The number of aromatic nitrogens is 2. The number of nitrogens with zero attached hydrogens (tertiary/aromatic N) is 4. The molecule has 4 nitrogen and oxygen atoms in total. The monoisotopic (exact) mass is 300 g/mol. The van der Waals surface area contributed by atoms with Crippen molar-refractivity contribution in [3.05, 3.63) is 35.1 Å². The van der Waals surface area contributed by atoms with Crippen molar-refractivity contribution in [3.8, 4) is 11.3 Å². The van der Waals surface area contributed by atoms with Crippen LogP contribution in [0.1, 0.15) is 12.1 Å². The number of rotatable bonds is 1. The van der Waals surface area contributed by atoms with Gasteiger partial charge in [-0.3, -0.25) is 4.98 Å². The predicted molar refractivity (Wildman–Crippen MR) is 86.2 cm³/mol. The Kier molecular flexibility index (Phi) is 2.82. The third kappa shape index (κ3) is 1.97. The van der Waals surface area contributed by atoms with E-state index in [1.807, 2.05) is 19.1 Å². The van der Waals surface area contributed by atoms with Crippen LogP contribution < -0.4 is 9.80 Å². The lowest BCUT2D eigenvalue weighted by atomic mass is 10.1. The van der Waals surface area contributed by atoms with Gasteiger partial charge in [-0.2, -0.15) is 0 Å². The highest BCUT2D eigenvalue weighted by atomic mass is 35.5. The van der Waals surface area contributed by atoms with Gasteiger partial charge in [-0.15, -0.1) is 0 Å². The molecule has 0 aliphatic carbocycles. The summed E-state index contributed by atoms with van der Waals surface area (Å²) in [5.41, 5.74) is 4.00. The molecule has 2 aromatic heterocycles. The fraction of sp³-hybridized carbons (Fsp3) is 0.375. The smallest absolute Gasteiger partial charge is 0.153 e. The number of halogens is 1. The van der Waals surface area contributed by atoms with Crippen LogP contribution in [0.3, 0.4) is 0 Å². The first-order valence-electron chi connectivity index (χ1n) is 7.25. The second-order valence-corrected chi connectivity index (χ2v) is 6.25. The molecule has 21 heavy (non-hydrogen) atoms. The van der Waals surface area contributed by atoms with Crippen molar-refractivity contribution in [2.45, 2.75) is 19.4 Å². The molecule has 1 atom stereocenters. The van der Waals surface area contributed by atoms with E-state index in [1.54, 1.807) is 6.20 Å².